The molecule has 2 aromatic rings. The van der Waals surface area contributed by atoms with E-state index in [0.717, 1.165) is 0 Å². The summed E-state index contributed by atoms with van der Waals surface area (Å²) in [4.78, 5) is 13.9. The van der Waals surface area contributed by atoms with Gasteiger partial charge in [-0.05, 0) is 12.1 Å². The van der Waals surface area contributed by atoms with Gasteiger partial charge in [0.2, 0.25) is 0 Å². The highest BCUT2D eigenvalue weighted by Crippen LogP contribution is 2.29. The van der Waals surface area contributed by atoms with E-state index < -0.39 is 11.8 Å². The number of rotatable bonds is 2. The molecule has 0 aliphatic carbocycles. The summed E-state index contributed by atoms with van der Waals surface area (Å²) in [7, 11) is 2.64. The van der Waals surface area contributed by atoms with Crippen molar-refractivity contribution in [1.29, 1.82) is 0 Å². The molecule has 0 bridgehead atoms. The van der Waals surface area contributed by atoms with Gasteiger partial charge in [0.25, 0.3) is 0 Å². The van der Waals surface area contributed by atoms with Gasteiger partial charge in [0.1, 0.15) is 5.75 Å². The molecule has 0 fully saturated rings. The van der Waals surface area contributed by atoms with Gasteiger partial charge >= 0.3 is 5.97 Å². The lowest BCUT2D eigenvalue weighted by Crippen LogP contribution is -2.03. The fourth-order valence-corrected chi connectivity index (χ4v) is 1.59. The molecule has 1 heterocycles. The number of carbonyl (C=O) groups is 1. The summed E-state index contributed by atoms with van der Waals surface area (Å²) < 4.78 is 23.4. The summed E-state index contributed by atoms with van der Waals surface area (Å²) in [6, 6.07) is 4.99. The molecule has 0 radical (unpaired) electrons. The van der Waals surface area contributed by atoms with E-state index in [1.54, 1.807) is 18.2 Å². The van der Waals surface area contributed by atoms with Gasteiger partial charge in [-0.25, -0.2) is 9.18 Å². The van der Waals surface area contributed by atoms with Crippen LogP contribution in [0.3, 0.4) is 0 Å². The van der Waals surface area contributed by atoms with Gasteiger partial charge in [-0.15, -0.1) is 0 Å². The summed E-state index contributed by atoms with van der Waals surface area (Å²) in [6.07, 6.45) is 0. The first-order chi connectivity index (χ1) is 7.69. The van der Waals surface area contributed by atoms with Crippen molar-refractivity contribution in [3.8, 4) is 5.75 Å². The number of hydrogen-bond donors (Lipinski definition) is 1. The number of aromatic amines is 1. The number of aromatic nitrogens is 1. The van der Waals surface area contributed by atoms with Gasteiger partial charge in [0.05, 0.1) is 25.1 Å². The van der Waals surface area contributed by atoms with Crippen LogP contribution in [-0.2, 0) is 4.74 Å². The zero-order valence-electron chi connectivity index (χ0n) is 8.83. The molecule has 4 nitrogen and oxygen atoms in total. The number of hydrogen-bond acceptors (Lipinski definition) is 3. The van der Waals surface area contributed by atoms with E-state index in [0.29, 0.717) is 11.3 Å². The summed E-state index contributed by atoms with van der Waals surface area (Å²) >= 11 is 0. The number of benzene rings is 1. The van der Waals surface area contributed by atoms with Gasteiger partial charge in [0, 0.05) is 0 Å². The van der Waals surface area contributed by atoms with Crippen LogP contribution in [0.1, 0.15) is 10.5 Å². The minimum Gasteiger partial charge on any atom is -0.496 e. The molecule has 0 aliphatic heterocycles. The van der Waals surface area contributed by atoms with Crippen molar-refractivity contribution in [2.75, 3.05) is 14.2 Å². The van der Waals surface area contributed by atoms with E-state index in [1.807, 2.05) is 0 Å². The number of halogens is 1. The number of esters is 1. The molecular weight excluding hydrogens is 213 g/mol. The van der Waals surface area contributed by atoms with Crippen LogP contribution in [0.15, 0.2) is 18.2 Å². The third-order valence-corrected chi connectivity index (χ3v) is 2.33. The van der Waals surface area contributed by atoms with Crippen molar-refractivity contribution in [3.63, 3.8) is 0 Å². The van der Waals surface area contributed by atoms with Crippen LogP contribution in [0.5, 0.6) is 5.75 Å². The summed E-state index contributed by atoms with van der Waals surface area (Å²) in [6.45, 7) is 0. The van der Waals surface area contributed by atoms with Gasteiger partial charge < -0.3 is 14.5 Å². The van der Waals surface area contributed by atoms with E-state index in [4.69, 9.17) is 4.74 Å². The normalized spacial score (nSPS) is 10.4. The van der Waals surface area contributed by atoms with E-state index in [2.05, 4.69) is 9.72 Å². The van der Waals surface area contributed by atoms with Gasteiger partial charge in [-0.1, -0.05) is 6.07 Å². The number of H-pyrrole nitrogens is 1. The smallest absolute Gasteiger partial charge is 0.357 e. The van der Waals surface area contributed by atoms with Crippen LogP contribution in [0.25, 0.3) is 10.9 Å². The second-order valence-electron chi connectivity index (χ2n) is 3.19. The van der Waals surface area contributed by atoms with Crippen molar-refractivity contribution >= 4 is 16.9 Å². The van der Waals surface area contributed by atoms with Crippen LogP contribution in [0.4, 0.5) is 4.39 Å². The Hall–Kier alpha value is -2.04. The van der Waals surface area contributed by atoms with Gasteiger partial charge in [-0.3, -0.25) is 0 Å². The highest BCUT2D eigenvalue weighted by Gasteiger charge is 2.20. The number of fused-ring (bicyclic) bond motifs is 1. The Morgan fingerprint density at radius 2 is 2.12 bits per heavy atom. The van der Waals surface area contributed by atoms with Crippen LogP contribution in [0, 0.1) is 5.82 Å². The van der Waals surface area contributed by atoms with E-state index in [9.17, 15) is 9.18 Å². The SMILES string of the molecule is COC(=O)c1[nH]c2cccc(OC)c2c1F. The minimum absolute atomic E-state index is 0.193. The van der Waals surface area contributed by atoms with Crippen molar-refractivity contribution < 1.29 is 18.7 Å². The number of nitrogens with one attached hydrogen (secondary N) is 1. The standard InChI is InChI=1S/C11H10FNO3/c1-15-7-5-3-4-6-8(7)9(12)10(13-6)11(14)16-2/h3-5,13H,1-2H3. The third-order valence-electron chi connectivity index (χ3n) is 2.33. The Labute approximate surface area is 91.0 Å². The lowest BCUT2D eigenvalue weighted by Gasteiger charge is -2.00. The first-order valence-corrected chi connectivity index (χ1v) is 4.61. The largest absolute Gasteiger partial charge is 0.496 e. The van der Waals surface area contributed by atoms with Crippen molar-refractivity contribution in [2.45, 2.75) is 0 Å². The third kappa shape index (κ3) is 1.41. The van der Waals surface area contributed by atoms with E-state index >= 15 is 0 Å². The second-order valence-corrected chi connectivity index (χ2v) is 3.19. The molecule has 0 saturated heterocycles. The monoisotopic (exact) mass is 223 g/mol. The molecule has 1 aromatic carbocycles. The first-order valence-electron chi connectivity index (χ1n) is 4.61. The highest BCUT2D eigenvalue weighted by molar-refractivity contribution is 5.97. The topological polar surface area (TPSA) is 51.3 Å². The summed E-state index contributed by atoms with van der Waals surface area (Å²) in [5.74, 6) is -1.02. The van der Waals surface area contributed by atoms with E-state index in [1.165, 1.54) is 14.2 Å². The average Bonchev–Trinajstić information content (AvgIpc) is 2.66. The molecule has 0 amide bonds. The molecule has 0 unspecified atom stereocenters. The lowest BCUT2D eigenvalue weighted by atomic mass is 10.2. The molecular formula is C11H10FNO3. The van der Waals surface area contributed by atoms with Crippen molar-refractivity contribution in [2.24, 2.45) is 0 Å². The molecule has 2 rings (SSSR count). The Morgan fingerprint density at radius 1 is 1.38 bits per heavy atom. The van der Waals surface area contributed by atoms with Crippen LogP contribution in [-0.4, -0.2) is 25.2 Å². The molecule has 1 aromatic heterocycles. The maximum atomic E-state index is 13.9. The quantitative estimate of drug-likeness (QED) is 0.793. The first kappa shape index (κ1) is 10.5. The second kappa shape index (κ2) is 3.84. The molecule has 0 atom stereocenters. The fourth-order valence-electron chi connectivity index (χ4n) is 1.59. The molecule has 0 saturated carbocycles. The molecule has 0 aliphatic rings. The predicted molar refractivity (Wildman–Crippen MR) is 56.1 cm³/mol. The molecule has 84 valence electrons. The highest BCUT2D eigenvalue weighted by atomic mass is 19.1. The fraction of sp³-hybridized carbons (Fsp3) is 0.182. The van der Waals surface area contributed by atoms with Crippen LogP contribution >= 0.6 is 0 Å². The Bertz CT molecular complexity index is 547. The minimum atomic E-state index is -0.740. The Kier molecular flexibility index (Phi) is 2.52. The summed E-state index contributed by atoms with van der Waals surface area (Å²) in [5, 5.41) is 0.255. The zero-order valence-corrected chi connectivity index (χ0v) is 8.83. The maximum Gasteiger partial charge on any atom is 0.357 e. The van der Waals surface area contributed by atoms with Crippen molar-refractivity contribution in [1.82, 2.24) is 4.98 Å². The molecule has 5 heteroatoms. The molecule has 1 N–H and O–H groups in total. The lowest BCUT2D eigenvalue weighted by molar-refractivity contribution is 0.0590. The summed E-state index contributed by atoms with van der Waals surface area (Å²) in [5.41, 5.74) is 0.305. The zero-order chi connectivity index (χ0) is 11.7. The predicted octanol–water partition coefficient (Wildman–Crippen LogP) is 2.10. The maximum absolute atomic E-state index is 13.9. The number of methoxy groups -OCH3 is 2. The van der Waals surface area contributed by atoms with Crippen LogP contribution in [0.2, 0.25) is 0 Å². The van der Waals surface area contributed by atoms with Gasteiger partial charge in [0.15, 0.2) is 11.5 Å². The van der Waals surface area contributed by atoms with Crippen LogP contribution < -0.4 is 4.74 Å². The van der Waals surface area contributed by atoms with Crippen molar-refractivity contribution in [3.05, 3.63) is 29.7 Å². The Morgan fingerprint density at radius 3 is 2.75 bits per heavy atom. The number of ether oxygens (including phenoxy) is 2. The Balaban J connectivity index is 2.73. The molecule has 16 heavy (non-hydrogen) atoms. The number of carbonyl (C=O) groups excluding carboxylic acids is 1. The van der Waals surface area contributed by atoms with Gasteiger partial charge in [-0.2, -0.15) is 0 Å². The average molecular weight is 223 g/mol. The van der Waals surface area contributed by atoms with E-state index in [-0.39, 0.29) is 11.1 Å². The molecule has 0 spiro atoms.